The zero-order valence-electron chi connectivity index (χ0n) is 10.6. The van der Waals surface area contributed by atoms with Crippen molar-refractivity contribution in [1.29, 1.82) is 0 Å². The van der Waals surface area contributed by atoms with E-state index in [0.29, 0.717) is 19.5 Å². The Hall–Kier alpha value is -2.17. The highest BCUT2D eigenvalue weighted by Gasteiger charge is 2.47. The Morgan fingerprint density at radius 3 is 2.68 bits per heavy atom. The molecular formula is C14H17N3O2. The van der Waals surface area contributed by atoms with Gasteiger partial charge in [0.25, 0.3) is 0 Å². The van der Waals surface area contributed by atoms with Crippen molar-refractivity contribution in [1.82, 2.24) is 15.6 Å². The number of carbonyl (C=O) groups excluding carboxylic acids is 2. The highest BCUT2D eigenvalue weighted by molar-refractivity contribution is 5.92. The number of aromatic nitrogens is 1. The fourth-order valence-electron chi connectivity index (χ4n) is 1.89. The summed E-state index contributed by atoms with van der Waals surface area (Å²) in [5, 5.41) is 5.50. The second-order valence-electron chi connectivity index (χ2n) is 4.52. The number of carbonyl (C=O) groups is 2. The lowest BCUT2D eigenvalue weighted by Gasteiger charge is -2.04. The standard InChI is InChI=1S/C14H17N3O2/c1-2-6-16-13(18)11-8-12(11)14(19)17-9-10-5-3-4-7-15-10/h2-5,7,11-12H,1,6,8-9H2,(H,16,18)(H,17,19). The zero-order valence-corrected chi connectivity index (χ0v) is 10.6. The Balaban J connectivity index is 1.74. The Morgan fingerprint density at radius 1 is 1.32 bits per heavy atom. The van der Waals surface area contributed by atoms with Crippen molar-refractivity contribution in [2.75, 3.05) is 6.54 Å². The van der Waals surface area contributed by atoms with Crippen LogP contribution in [0, 0.1) is 11.8 Å². The van der Waals surface area contributed by atoms with E-state index in [2.05, 4.69) is 22.2 Å². The van der Waals surface area contributed by atoms with Crippen LogP contribution in [-0.4, -0.2) is 23.3 Å². The van der Waals surface area contributed by atoms with Crippen LogP contribution in [0.1, 0.15) is 12.1 Å². The van der Waals surface area contributed by atoms with Gasteiger partial charge in [0, 0.05) is 12.7 Å². The van der Waals surface area contributed by atoms with Crippen LogP contribution in [0.2, 0.25) is 0 Å². The van der Waals surface area contributed by atoms with Crippen LogP contribution in [0.5, 0.6) is 0 Å². The molecule has 1 aromatic heterocycles. The number of pyridine rings is 1. The lowest BCUT2D eigenvalue weighted by molar-refractivity contribution is -0.127. The minimum absolute atomic E-state index is 0.0714. The van der Waals surface area contributed by atoms with E-state index < -0.39 is 0 Å². The van der Waals surface area contributed by atoms with E-state index >= 15 is 0 Å². The summed E-state index contributed by atoms with van der Waals surface area (Å²) in [6.07, 6.45) is 3.93. The molecule has 0 bridgehead atoms. The molecule has 2 atom stereocenters. The Morgan fingerprint density at radius 2 is 2.05 bits per heavy atom. The van der Waals surface area contributed by atoms with Crippen molar-refractivity contribution in [2.24, 2.45) is 11.8 Å². The van der Waals surface area contributed by atoms with E-state index in [4.69, 9.17) is 0 Å². The maximum absolute atomic E-state index is 11.8. The van der Waals surface area contributed by atoms with Crippen LogP contribution >= 0.6 is 0 Å². The first kappa shape index (κ1) is 13.3. The highest BCUT2D eigenvalue weighted by Crippen LogP contribution is 2.38. The number of nitrogens with one attached hydrogen (secondary N) is 2. The fourth-order valence-corrected chi connectivity index (χ4v) is 1.89. The topological polar surface area (TPSA) is 71.1 Å². The van der Waals surface area contributed by atoms with Gasteiger partial charge in [0.2, 0.25) is 11.8 Å². The van der Waals surface area contributed by atoms with Gasteiger partial charge < -0.3 is 10.6 Å². The molecule has 100 valence electrons. The summed E-state index contributed by atoms with van der Waals surface area (Å²) in [5.41, 5.74) is 0.809. The first-order valence-electron chi connectivity index (χ1n) is 6.28. The van der Waals surface area contributed by atoms with Gasteiger partial charge in [0.15, 0.2) is 0 Å². The summed E-state index contributed by atoms with van der Waals surface area (Å²) in [6, 6.07) is 5.55. The van der Waals surface area contributed by atoms with Crippen LogP contribution in [0.4, 0.5) is 0 Å². The molecule has 2 N–H and O–H groups in total. The predicted molar refractivity (Wildman–Crippen MR) is 70.9 cm³/mol. The monoisotopic (exact) mass is 259 g/mol. The first-order valence-corrected chi connectivity index (χ1v) is 6.28. The summed E-state index contributed by atoms with van der Waals surface area (Å²) in [6.45, 7) is 4.37. The van der Waals surface area contributed by atoms with Gasteiger partial charge in [-0.3, -0.25) is 14.6 Å². The van der Waals surface area contributed by atoms with Crippen molar-refractivity contribution >= 4 is 11.8 Å². The number of rotatable bonds is 6. The van der Waals surface area contributed by atoms with E-state index in [1.165, 1.54) is 0 Å². The molecule has 1 saturated carbocycles. The van der Waals surface area contributed by atoms with Crippen LogP contribution in [0.3, 0.4) is 0 Å². The van der Waals surface area contributed by atoms with Gasteiger partial charge in [0.05, 0.1) is 24.1 Å². The number of hydrogen-bond donors (Lipinski definition) is 2. The maximum atomic E-state index is 11.8. The quantitative estimate of drug-likeness (QED) is 0.736. The molecule has 0 radical (unpaired) electrons. The molecule has 2 amide bonds. The summed E-state index contributed by atoms with van der Waals surface area (Å²) in [5.74, 6) is -0.542. The molecule has 1 aliphatic rings. The van der Waals surface area contributed by atoms with Crippen LogP contribution in [0.15, 0.2) is 37.1 Å². The van der Waals surface area contributed by atoms with Crippen molar-refractivity contribution in [3.05, 3.63) is 42.7 Å². The van der Waals surface area contributed by atoms with Gasteiger partial charge in [-0.25, -0.2) is 0 Å². The van der Waals surface area contributed by atoms with Crippen LogP contribution in [-0.2, 0) is 16.1 Å². The maximum Gasteiger partial charge on any atom is 0.224 e. The molecule has 0 aliphatic heterocycles. The van der Waals surface area contributed by atoms with Crippen LogP contribution < -0.4 is 10.6 Å². The van der Waals surface area contributed by atoms with Crippen molar-refractivity contribution < 1.29 is 9.59 Å². The molecule has 0 aromatic carbocycles. The van der Waals surface area contributed by atoms with Crippen molar-refractivity contribution in [3.8, 4) is 0 Å². The molecule has 2 unspecified atom stereocenters. The molecule has 5 heteroatoms. The fraction of sp³-hybridized carbons (Fsp3) is 0.357. The van der Waals surface area contributed by atoms with Gasteiger partial charge >= 0.3 is 0 Å². The van der Waals surface area contributed by atoms with E-state index in [9.17, 15) is 9.59 Å². The van der Waals surface area contributed by atoms with E-state index in [1.807, 2.05) is 18.2 Å². The number of hydrogen-bond acceptors (Lipinski definition) is 3. The molecule has 2 rings (SSSR count). The van der Waals surface area contributed by atoms with Gasteiger partial charge in [-0.05, 0) is 18.6 Å². The second-order valence-corrected chi connectivity index (χ2v) is 4.52. The molecular weight excluding hydrogens is 242 g/mol. The molecule has 19 heavy (non-hydrogen) atoms. The van der Waals surface area contributed by atoms with Crippen molar-refractivity contribution in [2.45, 2.75) is 13.0 Å². The lowest BCUT2D eigenvalue weighted by atomic mass is 10.2. The van der Waals surface area contributed by atoms with E-state index in [1.54, 1.807) is 12.3 Å². The van der Waals surface area contributed by atoms with E-state index in [-0.39, 0.29) is 23.7 Å². The average Bonchev–Trinajstić information content (AvgIpc) is 3.24. The Bertz CT molecular complexity index is 473. The van der Waals surface area contributed by atoms with E-state index in [0.717, 1.165) is 5.69 Å². The molecule has 5 nitrogen and oxygen atoms in total. The summed E-state index contributed by atoms with van der Waals surface area (Å²) >= 11 is 0. The third-order valence-electron chi connectivity index (χ3n) is 3.05. The summed E-state index contributed by atoms with van der Waals surface area (Å²) < 4.78 is 0. The molecule has 1 fully saturated rings. The summed E-state index contributed by atoms with van der Waals surface area (Å²) in [7, 11) is 0. The smallest absolute Gasteiger partial charge is 0.224 e. The Kier molecular flexibility index (Phi) is 4.28. The summed E-state index contributed by atoms with van der Waals surface area (Å²) in [4.78, 5) is 27.6. The average molecular weight is 259 g/mol. The zero-order chi connectivity index (χ0) is 13.7. The predicted octanol–water partition coefficient (Wildman–Crippen LogP) is 0.636. The minimum Gasteiger partial charge on any atom is -0.352 e. The normalized spacial score (nSPS) is 20.4. The number of amides is 2. The third-order valence-corrected chi connectivity index (χ3v) is 3.05. The third kappa shape index (κ3) is 3.64. The van der Waals surface area contributed by atoms with Gasteiger partial charge in [-0.1, -0.05) is 12.1 Å². The molecule has 1 heterocycles. The highest BCUT2D eigenvalue weighted by atomic mass is 16.2. The first-order chi connectivity index (χ1) is 9.22. The van der Waals surface area contributed by atoms with Gasteiger partial charge in [-0.15, -0.1) is 6.58 Å². The molecule has 1 aromatic rings. The number of nitrogens with zero attached hydrogens (tertiary/aromatic N) is 1. The van der Waals surface area contributed by atoms with Gasteiger partial charge in [-0.2, -0.15) is 0 Å². The minimum atomic E-state index is -0.200. The lowest BCUT2D eigenvalue weighted by Crippen LogP contribution is -2.30. The molecule has 1 aliphatic carbocycles. The van der Waals surface area contributed by atoms with Crippen molar-refractivity contribution in [3.63, 3.8) is 0 Å². The second kappa shape index (κ2) is 6.13. The molecule has 0 saturated heterocycles. The van der Waals surface area contributed by atoms with Gasteiger partial charge in [0.1, 0.15) is 0 Å². The largest absolute Gasteiger partial charge is 0.352 e. The van der Waals surface area contributed by atoms with Crippen LogP contribution in [0.25, 0.3) is 0 Å². The molecule has 0 spiro atoms. The SMILES string of the molecule is C=CCNC(=O)C1CC1C(=O)NCc1ccccn1. The Labute approximate surface area is 112 Å².